The molecule has 6 nitrogen and oxygen atoms in total. The molecule has 0 radical (unpaired) electrons. The summed E-state index contributed by atoms with van der Waals surface area (Å²) in [6.07, 6.45) is 0. The molecule has 6 N–H and O–H groups in total. The van der Waals surface area contributed by atoms with Crippen molar-refractivity contribution >= 4 is 24.3 Å². The minimum absolute atomic E-state index is 0.235. The normalized spacial score (nSPS) is 9.64. The van der Waals surface area contributed by atoms with Gasteiger partial charge < -0.3 is 15.8 Å². The number of carbonyl (C=O) groups excluding carboxylic acids is 1. The topological polar surface area (TPSA) is 113 Å². The van der Waals surface area contributed by atoms with Crippen molar-refractivity contribution in [1.82, 2.24) is 0 Å². The SMILES string of the molecule is NC(=O)N(N)c1cccc(B(O)O)c1. The lowest BCUT2D eigenvalue weighted by molar-refractivity contribution is 0.254. The van der Waals surface area contributed by atoms with Crippen LogP contribution in [0.25, 0.3) is 0 Å². The van der Waals surface area contributed by atoms with Gasteiger partial charge in [0.2, 0.25) is 0 Å². The Labute approximate surface area is 80.8 Å². The molecule has 0 atom stereocenters. The second kappa shape index (κ2) is 4.10. The zero-order valence-electron chi connectivity index (χ0n) is 7.29. The van der Waals surface area contributed by atoms with E-state index < -0.39 is 13.1 Å². The highest BCUT2D eigenvalue weighted by molar-refractivity contribution is 6.58. The molecule has 74 valence electrons. The number of rotatable bonds is 2. The molecule has 0 saturated heterocycles. The molecule has 0 saturated carbocycles. The third-order valence-electron chi connectivity index (χ3n) is 1.68. The van der Waals surface area contributed by atoms with Crippen molar-refractivity contribution in [2.45, 2.75) is 0 Å². The number of primary amides is 1. The van der Waals surface area contributed by atoms with E-state index in [4.69, 9.17) is 21.6 Å². The molecule has 0 aliphatic rings. The Kier molecular flexibility index (Phi) is 3.08. The van der Waals surface area contributed by atoms with Gasteiger partial charge in [-0.25, -0.2) is 15.6 Å². The smallest absolute Gasteiger partial charge is 0.423 e. The summed E-state index contributed by atoms with van der Waals surface area (Å²) in [6.45, 7) is 0. The minimum atomic E-state index is -1.60. The van der Waals surface area contributed by atoms with Crippen molar-refractivity contribution < 1.29 is 14.8 Å². The van der Waals surface area contributed by atoms with Crippen LogP contribution in [0.1, 0.15) is 0 Å². The lowest BCUT2D eigenvalue weighted by Gasteiger charge is -2.14. The average Bonchev–Trinajstić information content (AvgIpc) is 2.16. The zero-order chi connectivity index (χ0) is 10.7. The molecule has 1 aromatic carbocycles. The summed E-state index contributed by atoms with van der Waals surface area (Å²) < 4.78 is 0. The number of nitrogens with zero attached hydrogens (tertiary/aromatic N) is 1. The number of hydrogen-bond acceptors (Lipinski definition) is 4. The van der Waals surface area contributed by atoms with Crippen LogP contribution in [-0.4, -0.2) is 23.2 Å². The number of amides is 2. The van der Waals surface area contributed by atoms with E-state index in [1.54, 1.807) is 0 Å². The van der Waals surface area contributed by atoms with Gasteiger partial charge in [0.25, 0.3) is 0 Å². The molecule has 2 amide bonds. The third-order valence-corrected chi connectivity index (χ3v) is 1.68. The van der Waals surface area contributed by atoms with Crippen molar-refractivity contribution in [3.8, 4) is 0 Å². The fourth-order valence-electron chi connectivity index (χ4n) is 0.962. The molecule has 0 heterocycles. The van der Waals surface area contributed by atoms with Crippen molar-refractivity contribution in [3.63, 3.8) is 0 Å². The van der Waals surface area contributed by atoms with Crippen molar-refractivity contribution in [2.75, 3.05) is 5.01 Å². The Balaban J connectivity index is 2.99. The Morgan fingerprint density at radius 1 is 1.43 bits per heavy atom. The summed E-state index contributed by atoms with van der Waals surface area (Å²) in [6, 6.07) is 5.08. The Hall–Kier alpha value is -1.57. The van der Waals surface area contributed by atoms with Crippen LogP contribution in [0.3, 0.4) is 0 Å². The lowest BCUT2D eigenvalue weighted by Crippen LogP contribution is -2.42. The number of urea groups is 1. The molecule has 1 rings (SSSR count). The number of carbonyl (C=O) groups is 1. The molecule has 0 aromatic heterocycles. The highest BCUT2D eigenvalue weighted by Crippen LogP contribution is 2.07. The molecule has 14 heavy (non-hydrogen) atoms. The van der Waals surface area contributed by atoms with Crippen molar-refractivity contribution in [3.05, 3.63) is 24.3 Å². The molecular weight excluding hydrogens is 185 g/mol. The second-order valence-electron chi connectivity index (χ2n) is 2.68. The number of hydrogen-bond donors (Lipinski definition) is 4. The van der Waals surface area contributed by atoms with E-state index in [0.29, 0.717) is 10.7 Å². The van der Waals surface area contributed by atoms with Gasteiger partial charge in [0, 0.05) is 0 Å². The van der Waals surface area contributed by atoms with E-state index in [9.17, 15) is 4.79 Å². The minimum Gasteiger partial charge on any atom is -0.423 e. The van der Waals surface area contributed by atoms with Gasteiger partial charge in [0.1, 0.15) is 0 Å². The first-order valence-corrected chi connectivity index (χ1v) is 3.82. The lowest BCUT2D eigenvalue weighted by atomic mass is 9.80. The van der Waals surface area contributed by atoms with E-state index >= 15 is 0 Å². The Bertz CT molecular complexity index is 345. The van der Waals surface area contributed by atoms with E-state index in [0.717, 1.165) is 0 Å². The fraction of sp³-hybridized carbons (Fsp3) is 0. The monoisotopic (exact) mass is 195 g/mol. The molecule has 0 bridgehead atoms. The van der Waals surface area contributed by atoms with Crippen molar-refractivity contribution in [2.24, 2.45) is 11.6 Å². The molecule has 0 aliphatic heterocycles. The average molecular weight is 195 g/mol. The summed E-state index contributed by atoms with van der Waals surface area (Å²) in [5.74, 6) is 5.30. The van der Waals surface area contributed by atoms with Crippen LogP contribution < -0.4 is 22.0 Å². The van der Waals surface area contributed by atoms with Crippen LogP contribution >= 0.6 is 0 Å². The van der Waals surface area contributed by atoms with Crippen LogP contribution in [-0.2, 0) is 0 Å². The highest BCUT2D eigenvalue weighted by atomic mass is 16.4. The maximum Gasteiger partial charge on any atom is 0.488 e. The van der Waals surface area contributed by atoms with Gasteiger partial charge in [-0.1, -0.05) is 12.1 Å². The number of hydrazine groups is 1. The van der Waals surface area contributed by atoms with E-state index in [-0.39, 0.29) is 5.46 Å². The summed E-state index contributed by atoms with van der Waals surface area (Å²) in [5, 5.41) is 18.4. The largest absolute Gasteiger partial charge is 0.488 e. The molecule has 0 aliphatic carbocycles. The first-order valence-electron chi connectivity index (χ1n) is 3.82. The Morgan fingerprint density at radius 3 is 2.57 bits per heavy atom. The highest BCUT2D eigenvalue weighted by Gasteiger charge is 2.13. The van der Waals surface area contributed by atoms with Crippen LogP contribution in [0.2, 0.25) is 0 Å². The van der Waals surface area contributed by atoms with Gasteiger partial charge >= 0.3 is 13.1 Å². The molecule has 7 heteroatoms. The molecule has 0 fully saturated rings. The number of benzene rings is 1. The predicted molar refractivity (Wildman–Crippen MR) is 52.5 cm³/mol. The second-order valence-corrected chi connectivity index (χ2v) is 2.68. The van der Waals surface area contributed by atoms with Gasteiger partial charge in [-0.2, -0.15) is 0 Å². The Morgan fingerprint density at radius 2 is 2.07 bits per heavy atom. The van der Waals surface area contributed by atoms with Gasteiger partial charge in [-0.15, -0.1) is 0 Å². The van der Waals surface area contributed by atoms with E-state index in [1.807, 2.05) is 0 Å². The molecule has 0 spiro atoms. The van der Waals surface area contributed by atoms with Crippen LogP contribution in [0, 0.1) is 0 Å². The summed E-state index contributed by atoms with van der Waals surface area (Å²) in [5.41, 5.74) is 5.46. The standard InChI is InChI=1S/C7H10BN3O3/c9-7(12)11(10)6-3-1-2-5(4-6)8(13)14/h1-4,13-14H,10H2,(H2,9,12). The molecular formula is C7H10BN3O3. The predicted octanol–water partition coefficient (Wildman–Crippen LogP) is -1.87. The van der Waals surface area contributed by atoms with Crippen LogP contribution in [0.4, 0.5) is 10.5 Å². The van der Waals surface area contributed by atoms with Crippen LogP contribution in [0.15, 0.2) is 24.3 Å². The van der Waals surface area contributed by atoms with Gasteiger partial charge in [0.05, 0.1) is 5.69 Å². The maximum atomic E-state index is 10.7. The quantitative estimate of drug-likeness (QED) is 0.191. The summed E-state index contributed by atoms with van der Waals surface area (Å²) in [4.78, 5) is 10.7. The summed E-state index contributed by atoms with van der Waals surface area (Å²) in [7, 11) is -1.60. The third kappa shape index (κ3) is 2.22. The van der Waals surface area contributed by atoms with Gasteiger partial charge in [-0.3, -0.25) is 0 Å². The summed E-state index contributed by atoms with van der Waals surface area (Å²) >= 11 is 0. The van der Waals surface area contributed by atoms with Crippen LogP contribution in [0.5, 0.6) is 0 Å². The molecule has 0 unspecified atom stereocenters. The van der Waals surface area contributed by atoms with E-state index in [1.165, 1.54) is 24.3 Å². The van der Waals surface area contributed by atoms with Gasteiger partial charge in [0.15, 0.2) is 0 Å². The number of anilines is 1. The van der Waals surface area contributed by atoms with Crippen molar-refractivity contribution in [1.29, 1.82) is 0 Å². The number of nitrogens with two attached hydrogens (primary N) is 2. The van der Waals surface area contributed by atoms with Gasteiger partial charge in [-0.05, 0) is 17.6 Å². The first kappa shape index (κ1) is 10.5. The fourth-order valence-corrected chi connectivity index (χ4v) is 0.962. The van der Waals surface area contributed by atoms with E-state index in [2.05, 4.69) is 0 Å². The molecule has 1 aromatic rings. The maximum absolute atomic E-state index is 10.7. The zero-order valence-corrected chi connectivity index (χ0v) is 7.29. The first-order chi connectivity index (χ1) is 6.52.